The second-order valence-electron chi connectivity index (χ2n) is 7.05. The highest BCUT2D eigenvalue weighted by molar-refractivity contribution is 5.92. The highest BCUT2D eigenvalue weighted by Gasteiger charge is 2.26. The van der Waals surface area contributed by atoms with Crippen molar-refractivity contribution >= 4 is 18.2 Å². The van der Waals surface area contributed by atoms with Crippen LogP contribution in [0, 0.1) is 0 Å². The van der Waals surface area contributed by atoms with E-state index in [-0.39, 0.29) is 18.4 Å². The number of carbonyl (C=O) groups excluding carboxylic acids is 1. The van der Waals surface area contributed by atoms with Gasteiger partial charge in [0.1, 0.15) is 17.3 Å². The van der Waals surface area contributed by atoms with Gasteiger partial charge in [-0.25, -0.2) is 4.98 Å². The number of hydrogen-bond donors (Lipinski definition) is 2. The number of nitrogens with one attached hydrogen (secondary N) is 1. The molecule has 0 aromatic carbocycles. The lowest BCUT2D eigenvalue weighted by Gasteiger charge is -2.26. The van der Waals surface area contributed by atoms with Crippen LogP contribution in [0.15, 0.2) is 35.2 Å². The molecule has 2 fully saturated rings. The number of aromatic nitrogens is 2. The molecule has 1 amide bonds. The standard InChI is InChI=1S/C19H25N5O2.CH2O2/c25-19(24-9-3-4-10-24)15-12-20-14-18(22-15)21-13-16(17-6-5-11-26-17)23-7-1-2-8-23;2-1-3/h5-6,11-12,14,16H,1-4,7-10,13H2,(H,21,22);1H,(H,2,3). The average molecular weight is 401 g/mol. The third kappa shape index (κ3) is 5.54. The van der Waals surface area contributed by atoms with Crippen LogP contribution in [0.5, 0.6) is 0 Å². The molecule has 2 aromatic rings. The van der Waals surface area contributed by atoms with Gasteiger partial charge in [0.05, 0.1) is 24.7 Å². The summed E-state index contributed by atoms with van der Waals surface area (Å²) in [4.78, 5) is 33.8. The molecular weight excluding hydrogens is 374 g/mol. The van der Waals surface area contributed by atoms with Crippen molar-refractivity contribution in [3.05, 3.63) is 42.2 Å². The number of carboxylic acid groups (broad SMARTS) is 1. The quantitative estimate of drug-likeness (QED) is 0.709. The van der Waals surface area contributed by atoms with Gasteiger partial charge in [-0.3, -0.25) is 19.5 Å². The highest BCUT2D eigenvalue weighted by Crippen LogP contribution is 2.25. The summed E-state index contributed by atoms with van der Waals surface area (Å²) < 4.78 is 5.65. The third-order valence-electron chi connectivity index (χ3n) is 5.18. The molecule has 156 valence electrons. The molecule has 0 spiro atoms. The Kier molecular flexibility index (Phi) is 7.57. The van der Waals surface area contributed by atoms with Crippen molar-refractivity contribution in [2.75, 3.05) is 38.0 Å². The van der Waals surface area contributed by atoms with Crippen LogP contribution >= 0.6 is 0 Å². The smallest absolute Gasteiger partial charge is 0.290 e. The van der Waals surface area contributed by atoms with E-state index >= 15 is 0 Å². The van der Waals surface area contributed by atoms with Gasteiger partial charge in [0, 0.05) is 19.6 Å². The molecule has 0 radical (unpaired) electrons. The molecule has 0 aliphatic carbocycles. The monoisotopic (exact) mass is 401 g/mol. The number of amides is 1. The Balaban J connectivity index is 0.000000755. The lowest BCUT2D eigenvalue weighted by molar-refractivity contribution is -0.122. The van der Waals surface area contributed by atoms with Crippen LogP contribution in [0.1, 0.15) is 48.0 Å². The summed E-state index contributed by atoms with van der Waals surface area (Å²) in [7, 11) is 0. The Labute approximate surface area is 169 Å². The zero-order chi connectivity index (χ0) is 20.5. The maximum absolute atomic E-state index is 12.5. The van der Waals surface area contributed by atoms with Crippen molar-refractivity contribution in [2.45, 2.75) is 31.7 Å². The molecule has 9 heteroatoms. The van der Waals surface area contributed by atoms with Gasteiger partial charge in [-0.1, -0.05) is 0 Å². The molecule has 29 heavy (non-hydrogen) atoms. The first-order valence-electron chi connectivity index (χ1n) is 9.93. The summed E-state index contributed by atoms with van der Waals surface area (Å²) >= 11 is 0. The SMILES string of the molecule is O=C(c1cncc(NCC(c2ccco2)N2CCCC2)n1)N1CCCC1.O=CO. The Morgan fingerprint density at radius 2 is 1.90 bits per heavy atom. The molecule has 2 N–H and O–H groups in total. The van der Waals surface area contributed by atoms with Crippen LogP contribution < -0.4 is 5.32 Å². The maximum atomic E-state index is 12.5. The van der Waals surface area contributed by atoms with E-state index in [9.17, 15) is 4.79 Å². The largest absolute Gasteiger partial charge is 0.483 e. The van der Waals surface area contributed by atoms with Crippen LogP contribution in [0.4, 0.5) is 5.82 Å². The fourth-order valence-electron chi connectivity index (χ4n) is 3.78. The number of nitrogens with zero attached hydrogens (tertiary/aromatic N) is 4. The zero-order valence-corrected chi connectivity index (χ0v) is 16.4. The first-order valence-corrected chi connectivity index (χ1v) is 9.93. The van der Waals surface area contributed by atoms with Gasteiger partial charge in [0.15, 0.2) is 0 Å². The van der Waals surface area contributed by atoms with E-state index in [2.05, 4.69) is 20.2 Å². The van der Waals surface area contributed by atoms with Crippen LogP contribution in [0.2, 0.25) is 0 Å². The lowest BCUT2D eigenvalue weighted by Crippen LogP contribution is -2.31. The topological polar surface area (TPSA) is 112 Å². The molecule has 2 aromatic heterocycles. The molecule has 2 aliphatic rings. The number of likely N-dealkylation sites (tertiary alicyclic amines) is 2. The summed E-state index contributed by atoms with van der Waals surface area (Å²) in [5.41, 5.74) is 0.410. The van der Waals surface area contributed by atoms with Crippen LogP contribution in [-0.2, 0) is 4.79 Å². The molecule has 2 saturated heterocycles. The Morgan fingerprint density at radius 1 is 1.21 bits per heavy atom. The van der Waals surface area contributed by atoms with Crippen LogP contribution in [0.3, 0.4) is 0 Å². The second kappa shape index (κ2) is 10.6. The van der Waals surface area contributed by atoms with Crippen molar-refractivity contribution in [1.29, 1.82) is 0 Å². The molecule has 4 rings (SSSR count). The molecule has 2 aliphatic heterocycles. The van der Waals surface area contributed by atoms with Crippen molar-refractivity contribution in [1.82, 2.24) is 19.8 Å². The van der Waals surface area contributed by atoms with E-state index in [1.807, 2.05) is 17.0 Å². The van der Waals surface area contributed by atoms with Crippen molar-refractivity contribution in [3.8, 4) is 0 Å². The summed E-state index contributed by atoms with van der Waals surface area (Å²) in [5.74, 6) is 1.56. The summed E-state index contributed by atoms with van der Waals surface area (Å²) in [6.07, 6.45) is 9.51. The number of rotatable bonds is 6. The predicted octanol–water partition coefficient (Wildman–Crippen LogP) is 2.26. The van der Waals surface area contributed by atoms with Crippen molar-refractivity contribution in [2.24, 2.45) is 0 Å². The molecule has 0 bridgehead atoms. The summed E-state index contributed by atoms with van der Waals surface area (Å²) in [5, 5.41) is 10.2. The van der Waals surface area contributed by atoms with E-state index in [0.29, 0.717) is 18.1 Å². The molecule has 4 heterocycles. The van der Waals surface area contributed by atoms with Crippen LogP contribution in [-0.4, -0.2) is 70.0 Å². The van der Waals surface area contributed by atoms with Gasteiger partial charge in [0.25, 0.3) is 12.4 Å². The van der Waals surface area contributed by atoms with Crippen molar-refractivity contribution in [3.63, 3.8) is 0 Å². The minimum atomic E-state index is -0.250. The first kappa shape index (κ1) is 20.8. The van der Waals surface area contributed by atoms with Crippen LogP contribution in [0.25, 0.3) is 0 Å². The normalized spacial score (nSPS) is 17.4. The molecule has 1 atom stereocenters. The van der Waals surface area contributed by atoms with Gasteiger partial charge in [-0.05, 0) is 50.9 Å². The van der Waals surface area contributed by atoms with Gasteiger partial charge < -0.3 is 19.7 Å². The number of hydrogen-bond acceptors (Lipinski definition) is 7. The molecule has 1 unspecified atom stereocenters. The fraction of sp³-hybridized carbons (Fsp3) is 0.500. The summed E-state index contributed by atoms with van der Waals surface area (Å²) in [6, 6.07) is 4.10. The minimum Gasteiger partial charge on any atom is -0.483 e. The Morgan fingerprint density at radius 3 is 2.55 bits per heavy atom. The van der Waals surface area contributed by atoms with E-state index in [1.165, 1.54) is 12.8 Å². The predicted molar refractivity (Wildman–Crippen MR) is 107 cm³/mol. The fourth-order valence-corrected chi connectivity index (χ4v) is 3.78. The van der Waals surface area contributed by atoms with Gasteiger partial charge in [0.2, 0.25) is 0 Å². The van der Waals surface area contributed by atoms with E-state index in [1.54, 1.807) is 18.7 Å². The van der Waals surface area contributed by atoms with Gasteiger partial charge in [-0.15, -0.1) is 0 Å². The number of carbonyl (C=O) groups is 2. The molecule has 0 saturated carbocycles. The first-order chi connectivity index (χ1) is 14.2. The average Bonchev–Trinajstić information content (AvgIpc) is 3.52. The third-order valence-corrected chi connectivity index (χ3v) is 5.18. The second-order valence-corrected chi connectivity index (χ2v) is 7.05. The zero-order valence-electron chi connectivity index (χ0n) is 16.4. The summed E-state index contributed by atoms with van der Waals surface area (Å²) in [6.45, 7) is 4.20. The molecule has 9 nitrogen and oxygen atoms in total. The number of anilines is 1. The van der Waals surface area contributed by atoms with Crippen molar-refractivity contribution < 1.29 is 19.1 Å². The highest BCUT2D eigenvalue weighted by atomic mass is 16.3. The van der Waals surface area contributed by atoms with Gasteiger partial charge >= 0.3 is 0 Å². The lowest BCUT2D eigenvalue weighted by atomic mass is 10.2. The Hall–Kier alpha value is -2.94. The van der Waals surface area contributed by atoms with E-state index in [4.69, 9.17) is 14.3 Å². The number of furan rings is 1. The van der Waals surface area contributed by atoms with Gasteiger partial charge in [-0.2, -0.15) is 0 Å². The molecular formula is C20H27N5O4. The van der Waals surface area contributed by atoms with E-state index in [0.717, 1.165) is 44.8 Å². The minimum absolute atomic E-state index is 0.0271. The maximum Gasteiger partial charge on any atom is 0.290 e. The Bertz CT molecular complexity index is 771. The van der Waals surface area contributed by atoms with E-state index < -0.39 is 0 Å².